The third-order valence-corrected chi connectivity index (χ3v) is 2.50. The number of aliphatic hydroxyl groups is 1. The molecule has 0 aliphatic heterocycles. The first-order valence-corrected chi connectivity index (χ1v) is 4.84. The molecule has 0 radical (unpaired) electrons. The van der Waals surface area contributed by atoms with Gasteiger partial charge >= 0.3 is 0 Å². The molecule has 1 atom stereocenters. The zero-order valence-corrected chi connectivity index (χ0v) is 9.27. The van der Waals surface area contributed by atoms with Crippen molar-refractivity contribution in [2.75, 3.05) is 0 Å². The van der Waals surface area contributed by atoms with E-state index in [1.165, 1.54) is 6.07 Å². The fraction of sp³-hybridized carbons (Fsp3) is 0.455. The fourth-order valence-corrected chi connectivity index (χ4v) is 1.43. The van der Waals surface area contributed by atoms with Gasteiger partial charge in [0.05, 0.1) is 11.1 Å². The SMILES string of the molecule is CC(C)(C)C(O)c1cccc(F)c1Cl. The molecule has 0 bridgehead atoms. The summed E-state index contributed by atoms with van der Waals surface area (Å²) in [6.45, 7) is 5.62. The van der Waals surface area contributed by atoms with Gasteiger partial charge in [-0.05, 0) is 11.5 Å². The predicted molar refractivity (Wildman–Crippen MR) is 55.8 cm³/mol. The molecule has 1 aromatic carbocycles. The van der Waals surface area contributed by atoms with Crippen LogP contribution in [0.25, 0.3) is 0 Å². The smallest absolute Gasteiger partial charge is 0.142 e. The number of benzene rings is 1. The second kappa shape index (κ2) is 3.87. The summed E-state index contributed by atoms with van der Waals surface area (Å²) in [7, 11) is 0. The average molecular weight is 217 g/mol. The standard InChI is InChI=1S/C11H14ClFO/c1-11(2,3)10(14)7-5-4-6-8(13)9(7)12/h4-6,10,14H,1-3H3. The molecule has 0 saturated carbocycles. The van der Waals surface area contributed by atoms with Crippen LogP contribution in [-0.4, -0.2) is 5.11 Å². The van der Waals surface area contributed by atoms with Crippen LogP contribution in [-0.2, 0) is 0 Å². The molecule has 0 amide bonds. The number of rotatable bonds is 1. The second-order valence-electron chi connectivity index (χ2n) is 4.41. The Hall–Kier alpha value is -0.600. The zero-order valence-electron chi connectivity index (χ0n) is 8.51. The van der Waals surface area contributed by atoms with Crippen molar-refractivity contribution in [2.45, 2.75) is 26.9 Å². The van der Waals surface area contributed by atoms with Gasteiger partial charge in [-0.2, -0.15) is 0 Å². The van der Waals surface area contributed by atoms with Gasteiger partial charge in [-0.15, -0.1) is 0 Å². The lowest BCUT2D eigenvalue weighted by Crippen LogP contribution is -2.18. The minimum absolute atomic E-state index is 0.00919. The van der Waals surface area contributed by atoms with Gasteiger partial charge in [-0.25, -0.2) is 4.39 Å². The highest BCUT2D eigenvalue weighted by Crippen LogP contribution is 2.36. The molecule has 0 fully saturated rings. The van der Waals surface area contributed by atoms with Crippen LogP contribution in [0.15, 0.2) is 18.2 Å². The van der Waals surface area contributed by atoms with Crippen molar-refractivity contribution < 1.29 is 9.50 Å². The Morgan fingerprint density at radius 1 is 1.36 bits per heavy atom. The largest absolute Gasteiger partial charge is 0.388 e. The summed E-state index contributed by atoms with van der Waals surface area (Å²) < 4.78 is 13.1. The quantitative estimate of drug-likeness (QED) is 0.761. The van der Waals surface area contributed by atoms with Gasteiger partial charge in [-0.3, -0.25) is 0 Å². The molecule has 3 heteroatoms. The lowest BCUT2D eigenvalue weighted by molar-refractivity contribution is 0.0625. The summed E-state index contributed by atoms with van der Waals surface area (Å²) in [5, 5.41) is 9.92. The molecule has 1 rings (SSSR count). The number of aliphatic hydroxyl groups excluding tert-OH is 1. The van der Waals surface area contributed by atoms with Crippen LogP contribution in [0.4, 0.5) is 4.39 Å². The molecule has 0 saturated heterocycles. The highest BCUT2D eigenvalue weighted by molar-refractivity contribution is 6.31. The minimum atomic E-state index is -0.759. The lowest BCUT2D eigenvalue weighted by Gasteiger charge is -2.26. The van der Waals surface area contributed by atoms with E-state index in [2.05, 4.69) is 0 Å². The van der Waals surface area contributed by atoms with Gasteiger partial charge in [-0.1, -0.05) is 44.5 Å². The Balaban J connectivity index is 3.14. The third-order valence-electron chi connectivity index (χ3n) is 2.10. The summed E-state index contributed by atoms with van der Waals surface area (Å²) in [5.41, 5.74) is 0.0939. The van der Waals surface area contributed by atoms with Crippen LogP contribution < -0.4 is 0 Å². The van der Waals surface area contributed by atoms with Crippen molar-refractivity contribution in [3.8, 4) is 0 Å². The van der Waals surface area contributed by atoms with Crippen LogP contribution >= 0.6 is 11.6 Å². The van der Waals surface area contributed by atoms with E-state index in [-0.39, 0.29) is 10.4 Å². The van der Waals surface area contributed by atoms with Crippen LogP contribution in [0.3, 0.4) is 0 Å². The van der Waals surface area contributed by atoms with Gasteiger partial charge in [0.15, 0.2) is 0 Å². The Bertz CT molecular complexity index is 331. The molecular formula is C11H14ClFO. The summed E-state index contributed by atoms with van der Waals surface area (Å²) >= 11 is 5.76. The molecule has 0 spiro atoms. The van der Waals surface area contributed by atoms with E-state index in [9.17, 15) is 9.50 Å². The molecule has 0 aliphatic rings. The third kappa shape index (κ3) is 2.25. The van der Waals surface area contributed by atoms with Crippen molar-refractivity contribution >= 4 is 11.6 Å². The molecule has 78 valence electrons. The van der Waals surface area contributed by atoms with Crippen molar-refractivity contribution in [3.63, 3.8) is 0 Å². The van der Waals surface area contributed by atoms with Gasteiger partial charge in [0.1, 0.15) is 5.82 Å². The first kappa shape index (κ1) is 11.5. The predicted octanol–water partition coefficient (Wildman–Crippen LogP) is 3.56. The van der Waals surface area contributed by atoms with E-state index in [4.69, 9.17) is 11.6 Å². The van der Waals surface area contributed by atoms with Crippen LogP contribution in [0.1, 0.15) is 32.4 Å². The number of halogens is 2. The fourth-order valence-electron chi connectivity index (χ4n) is 1.20. The molecule has 14 heavy (non-hydrogen) atoms. The molecule has 0 aliphatic carbocycles. The van der Waals surface area contributed by atoms with Gasteiger partial charge < -0.3 is 5.11 Å². The minimum Gasteiger partial charge on any atom is -0.388 e. The molecule has 1 nitrogen and oxygen atoms in total. The van der Waals surface area contributed by atoms with E-state index in [0.29, 0.717) is 5.56 Å². The maximum atomic E-state index is 13.1. The first-order valence-electron chi connectivity index (χ1n) is 4.46. The summed E-state index contributed by atoms with van der Waals surface area (Å²) in [6.07, 6.45) is -0.759. The van der Waals surface area contributed by atoms with Crippen LogP contribution in [0.2, 0.25) is 5.02 Å². The normalized spacial score (nSPS) is 14.1. The van der Waals surface area contributed by atoms with Crippen molar-refractivity contribution in [2.24, 2.45) is 5.41 Å². The maximum absolute atomic E-state index is 13.1. The monoisotopic (exact) mass is 216 g/mol. The Kier molecular flexibility index (Phi) is 3.17. The van der Waals surface area contributed by atoms with Crippen LogP contribution in [0, 0.1) is 11.2 Å². The average Bonchev–Trinajstić information content (AvgIpc) is 2.07. The number of hydrogen-bond acceptors (Lipinski definition) is 1. The molecule has 0 aromatic heterocycles. The van der Waals surface area contributed by atoms with Crippen LogP contribution in [0.5, 0.6) is 0 Å². The summed E-state index contributed by atoms with van der Waals surface area (Å²) in [6, 6.07) is 4.47. The highest BCUT2D eigenvalue weighted by atomic mass is 35.5. The topological polar surface area (TPSA) is 20.2 Å². The zero-order chi connectivity index (χ0) is 10.9. The van der Waals surface area contributed by atoms with E-state index < -0.39 is 11.9 Å². The van der Waals surface area contributed by atoms with E-state index in [0.717, 1.165) is 0 Å². The Morgan fingerprint density at radius 2 is 1.93 bits per heavy atom. The molecule has 1 N–H and O–H groups in total. The molecule has 1 unspecified atom stereocenters. The van der Waals surface area contributed by atoms with Gasteiger partial charge in [0, 0.05) is 5.56 Å². The second-order valence-corrected chi connectivity index (χ2v) is 4.79. The molecule has 1 aromatic rings. The van der Waals surface area contributed by atoms with Crippen molar-refractivity contribution in [1.82, 2.24) is 0 Å². The van der Waals surface area contributed by atoms with E-state index in [1.54, 1.807) is 12.1 Å². The van der Waals surface area contributed by atoms with Crippen molar-refractivity contribution in [1.29, 1.82) is 0 Å². The van der Waals surface area contributed by atoms with E-state index >= 15 is 0 Å². The Morgan fingerprint density at radius 3 is 2.43 bits per heavy atom. The van der Waals surface area contributed by atoms with E-state index in [1.807, 2.05) is 20.8 Å². The summed E-state index contributed by atoms with van der Waals surface area (Å²) in [4.78, 5) is 0. The maximum Gasteiger partial charge on any atom is 0.142 e. The van der Waals surface area contributed by atoms with Gasteiger partial charge in [0.2, 0.25) is 0 Å². The molecule has 0 heterocycles. The first-order chi connectivity index (χ1) is 6.34. The van der Waals surface area contributed by atoms with Crippen molar-refractivity contribution in [3.05, 3.63) is 34.6 Å². The molecular weight excluding hydrogens is 203 g/mol. The highest BCUT2D eigenvalue weighted by Gasteiger charge is 2.26. The summed E-state index contributed by atoms with van der Waals surface area (Å²) in [5.74, 6) is -0.493. The Labute approximate surface area is 88.5 Å². The van der Waals surface area contributed by atoms with Gasteiger partial charge in [0.25, 0.3) is 0 Å². The number of hydrogen-bond donors (Lipinski definition) is 1. The lowest BCUT2D eigenvalue weighted by atomic mass is 9.85.